The van der Waals surface area contributed by atoms with E-state index in [2.05, 4.69) is 0 Å². The van der Waals surface area contributed by atoms with Crippen molar-refractivity contribution in [2.24, 2.45) is 11.8 Å². The third-order valence-electron chi connectivity index (χ3n) is 3.67. The van der Waals surface area contributed by atoms with Gasteiger partial charge in [-0.25, -0.2) is 4.79 Å². The Labute approximate surface area is 123 Å². The smallest absolute Gasteiger partial charge is 0.410 e. The summed E-state index contributed by atoms with van der Waals surface area (Å²) in [5.74, 6) is -1.91. The van der Waals surface area contributed by atoms with Crippen molar-refractivity contribution in [3.05, 3.63) is 0 Å². The molecule has 0 aromatic carbocycles. The monoisotopic (exact) mass is 298 g/mol. The van der Waals surface area contributed by atoms with Crippen LogP contribution in [0.4, 0.5) is 4.79 Å². The number of ether oxygens (including phenoxy) is 1. The van der Waals surface area contributed by atoms with E-state index in [0.29, 0.717) is 32.6 Å². The van der Waals surface area contributed by atoms with Crippen molar-refractivity contribution in [2.45, 2.75) is 32.8 Å². The zero-order chi connectivity index (χ0) is 15.8. The van der Waals surface area contributed by atoms with Gasteiger partial charge < -0.3 is 19.6 Å². The second kappa shape index (κ2) is 5.54. The SMILES string of the molecule is CC(C)(C)OC(=O)N1CCN(C(=O)[C@H]2C[C@@H]2C(=O)O)CC1. The van der Waals surface area contributed by atoms with Gasteiger partial charge in [0.25, 0.3) is 0 Å². The largest absolute Gasteiger partial charge is 0.481 e. The maximum absolute atomic E-state index is 12.1. The van der Waals surface area contributed by atoms with Crippen LogP contribution in [-0.4, -0.2) is 64.7 Å². The number of carboxylic acids is 1. The Morgan fingerprint density at radius 2 is 1.52 bits per heavy atom. The lowest BCUT2D eigenvalue weighted by Gasteiger charge is -2.35. The fraction of sp³-hybridized carbons (Fsp3) is 0.786. The zero-order valence-electron chi connectivity index (χ0n) is 12.7. The van der Waals surface area contributed by atoms with Crippen LogP contribution in [0.5, 0.6) is 0 Å². The molecule has 21 heavy (non-hydrogen) atoms. The number of piperazine rings is 1. The van der Waals surface area contributed by atoms with Crippen molar-refractivity contribution in [2.75, 3.05) is 26.2 Å². The number of carbonyl (C=O) groups is 3. The molecule has 2 amide bonds. The first-order valence-electron chi connectivity index (χ1n) is 7.18. The molecule has 2 atom stereocenters. The van der Waals surface area contributed by atoms with Gasteiger partial charge in [0.1, 0.15) is 5.60 Å². The first kappa shape index (κ1) is 15.6. The Morgan fingerprint density at radius 3 is 1.95 bits per heavy atom. The molecule has 7 heteroatoms. The number of hydrogen-bond donors (Lipinski definition) is 1. The molecule has 2 aliphatic rings. The summed E-state index contributed by atoms with van der Waals surface area (Å²) in [7, 11) is 0. The van der Waals surface area contributed by atoms with Gasteiger partial charge >= 0.3 is 12.1 Å². The van der Waals surface area contributed by atoms with Gasteiger partial charge in [0.15, 0.2) is 0 Å². The standard InChI is InChI=1S/C14H22N2O5/c1-14(2,3)21-13(20)16-6-4-15(5-7-16)11(17)9-8-10(9)12(18)19/h9-10H,4-8H2,1-3H3,(H,18,19)/t9-,10-/m0/s1. The van der Waals surface area contributed by atoms with Crippen molar-refractivity contribution >= 4 is 18.0 Å². The van der Waals surface area contributed by atoms with Gasteiger partial charge in [0, 0.05) is 26.2 Å². The summed E-state index contributed by atoms with van der Waals surface area (Å²) in [6, 6.07) is 0. The summed E-state index contributed by atoms with van der Waals surface area (Å²) in [4.78, 5) is 38.0. The van der Waals surface area contributed by atoms with Crippen LogP contribution in [-0.2, 0) is 14.3 Å². The molecule has 1 N–H and O–H groups in total. The zero-order valence-corrected chi connectivity index (χ0v) is 12.7. The van der Waals surface area contributed by atoms with E-state index in [9.17, 15) is 14.4 Å². The van der Waals surface area contributed by atoms with E-state index in [4.69, 9.17) is 9.84 Å². The average molecular weight is 298 g/mol. The maximum atomic E-state index is 12.1. The minimum atomic E-state index is -0.902. The van der Waals surface area contributed by atoms with Gasteiger partial charge in [0.05, 0.1) is 11.8 Å². The van der Waals surface area contributed by atoms with E-state index in [1.54, 1.807) is 9.80 Å². The van der Waals surface area contributed by atoms with E-state index >= 15 is 0 Å². The molecular formula is C14H22N2O5. The van der Waals surface area contributed by atoms with Gasteiger partial charge in [0.2, 0.25) is 5.91 Å². The minimum Gasteiger partial charge on any atom is -0.481 e. The molecule has 0 bridgehead atoms. The molecule has 0 radical (unpaired) electrons. The minimum absolute atomic E-state index is 0.105. The number of hydrogen-bond acceptors (Lipinski definition) is 4. The lowest BCUT2D eigenvalue weighted by molar-refractivity contribution is -0.142. The topological polar surface area (TPSA) is 87.2 Å². The molecule has 118 valence electrons. The van der Waals surface area contributed by atoms with Crippen LogP contribution in [0, 0.1) is 11.8 Å². The van der Waals surface area contributed by atoms with Crippen molar-refractivity contribution in [1.82, 2.24) is 9.80 Å². The normalized spacial score (nSPS) is 25.5. The fourth-order valence-corrected chi connectivity index (χ4v) is 2.41. The molecule has 0 aromatic heterocycles. The Hall–Kier alpha value is -1.79. The molecular weight excluding hydrogens is 276 g/mol. The molecule has 1 aliphatic carbocycles. The molecule has 0 spiro atoms. The molecule has 7 nitrogen and oxygen atoms in total. The third-order valence-corrected chi connectivity index (χ3v) is 3.67. The number of rotatable bonds is 2. The van der Waals surface area contributed by atoms with Crippen molar-refractivity contribution in [3.63, 3.8) is 0 Å². The highest BCUT2D eigenvalue weighted by Gasteiger charge is 2.50. The average Bonchev–Trinajstić information content (AvgIpc) is 3.16. The Kier molecular flexibility index (Phi) is 4.11. The number of nitrogens with zero attached hydrogens (tertiary/aromatic N) is 2. The summed E-state index contributed by atoms with van der Waals surface area (Å²) in [6.07, 6.45) is 0.0601. The van der Waals surface area contributed by atoms with E-state index in [0.717, 1.165) is 0 Å². The lowest BCUT2D eigenvalue weighted by atomic mass is 10.2. The van der Waals surface area contributed by atoms with Crippen molar-refractivity contribution < 1.29 is 24.2 Å². The first-order chi connectivity index (χ1) is 9.69. The highest BCUT2D eigenvalue weighted by Crippen LogP contribution is 2.40. The maximum Gasteiger partial charge on any atom is 0.410 e. The van der Waals surface area contributed by atoms with Gasteiger partial charge in [-0.15, -0.1) is 0 Å². The number of carbonyl (C=O) groups excluding carboxylic acids is 2. The molecule has 0 aromatic rings. The van der Waals surface area contributed by atoms with Crippen LogP contribution in [0.3, 0.4) is 0 Å². The lowest BCUT2D eigenvalue weighted by Crippen LogP contribution is -2.52. The quantitative estimate of drug-likeness (QED) is 0.814. The third kappa shape index (κ3) is 3.86. The summed E-state index contributed by atoms with van der Waals surface area (Å²) >= 11 is 0. The summed E-state index contributed by atoms with van der Waals surface area (Å²) in [5.41, 5.74) is -0.535. The van der Waals surface area contributed by atoms with Crippen LogP contribution in [0.15, 0.2) is 0 Å². The molecule has 1 aliphatic heterocycles. The number of amides is 2. The van der Waals surface area contributed by atoms with E-state index in [-0.39, 0.29) is 17.9 Å². The molecule has 2 rings (SSSR count). The predicted molar refractivity (Wildman–Crippen MR) is 73.6 cm³/mol. The molecule has 1 saturated heterocycles. The molecule has 2 fully saturated rings. The summed E-state index contributed by atoms with van der Waals surface area (Å²) in [6.45, 7) is 7.13. The highest BCUT2D eigenvalue weighted by atomic mass is 16.6. The van der Waals surface area contributed by atoms with E-state index < -0.39 is 17.5 Å². The van der Waals surface area contributed by atoms with Crippen LogP contribution < -0.4 is 0 Å². The summed E-state index contributed by atoms with van der Waals surface area (Å²) < 4.78 is 5.29. The summed E-state index contributed by atoms with van der Waals surface area (Å²) in [5, 5.41) is 8.85. The van der Waals surface area contributed by atoms with Crippen LogP contribution >= 0.6 is 0 Å². The second-order valence-corrected chi connectivity index (χ2v) is 6.58. The van der Waals surface area contributed by atoms with Crippen LogP contribution in [0.2, 0.25) is 0 Å². The van der Waals surface area contributed by atoms with Gasteiger partial charge in [-0.2, -0.15) is 0 Å². The second-order valence-electron chi connectivity index (χ2n) is 6.58. The van der Waals surface area contributed by atoms with E-state index in [1.807, 2.05) is 20.8 Å². The Morgan fingerprint density at radius 1 is 1.00 bits per heavy atom. The predicted octanol–water partition coefficient (Wildman–Crippen LogP) is 0.786. The molecule has 1 heterocycles. The number of aliphatic carboxylic acids is 1. The molecule has 1 saturated carbocycles. The van der Waals surface area contributed by atoms with Gasteiger partial charge in [-0.1, -0.05) is 0 Å². The molecule has 0 unspecified atom stereocenters. The van der Waals surface area contributed by atoms with Crippen molar-refractivity contribution in [1.29, 1.82) is 0 Å². The van der Waals surface area contributed by atoms with Crippen LogP contribution in [0.25, 0.3) is 0 Å². The van der Waals surface area contributed by atoms with E-state index in [1.165, 1.54) is 0 Å². The van der Waals surface area contributed by atoms with Gasteiger partial charge in [-0.05, 0) is 27.2 Å². The number of carboxylic acid groups (broad SMARTS) is 1. The first-order valence-corrected chi connectivity index (χ1v) is 7.18. The Balaban J connectivity index is 1.80. The highest BCUT2D eigenvalue weighted by molar-refractivity contribution is 5.89. The Bertz CT molecular complexity index is 449. The van der Waals surface area contributed by atoms with Crippen LogP contribution in [0.1, 0.15) is 27.2 Å². The van der Waals surface area contributed by atoms with Gasteiger partial charge in [-0.3, -0.25) is 9.59 Å². The van der Waals surface area contributed by atoms with Crippen molar-refractivity contribution in [3.8, 4) is 0 Å². The fourth-order valence-electron chi connectivity index (χ4n) is 2.41.